The van der Waals surface area contributed by atoms with Crippen molar-refractivity contribution < 1.29 is 4.79 Å². The van der Waals surface area contributed by atoms with Crippen molar-refractivity contribution in [2.24, 2.45) is 5.92 Å². The zero-order valence-corrected chi connectivity index (χ0v) is 11.4. The molecule has 2 atom stereocenters. The van der Waals surface area contributed by atoms with E-state index in [0.717, 1.165) is 12.2 Å². The molecule has 2 unspecified atom stereocenters. The Morgan fingerprint density at radius 1 is 1.62 bits per heavy atom. The molecule has 0 aromatic carbocycles. The van der Waals surface area contributed by atoms with E-state index in [2.05, 4.69) is 31.2 Å². The van der Waals surface area contributed by atoms with Crippen LogP contribution in [0.5, 0.6) is 0 Å². The van der Waals surface area contributed by atoms with Crippen molar-refractivity contribution in [3.63, 3.8) is 0 Å². The molecule has 1 heterocycles. The summed E-state index contributed by atoms with van der Waals surface area (Å²) >= 11 is 3.39. The Balaban J connectivity index is 2.61. The molecular weight excluding hydrogens is 270 g/mol. The first-order valence-electron chi connectivity index (χ1n) is 5.50. The van der Waals surface area contributed by atoms with Gasteiger partial charge < -0.3 is 10.3 Å². The molecule has 1 amide bonds. The molecule has 0 spiro atoms. The standard InChI is InChI=1S/C11H18BrN3O/c1-4-8(10-13-5-6-14-10)15-11(16)9(12)7(2)3/h5-9H,4H2,1-3H3,(H,13,14)(H,15,16). The molecule has 0 aliphatic rings. The summed E-state index contributed by atoms with van der Waals surface area (Å²) in [5.41, 5.74) is 0. The number of carbonyl (C=O) groups excluding carboxylic acids is 1. The summed E-state index contributed by atoms with van der Waals surface area (Å²) in [7, 11) is 0. The van der Waals surface area contributed by atoms with Gasteiger partial charge >= 0.3 is 0 Å². The lowest BCUT2D eigenvalue weighted by Crippen LogP contribution is -2.36. The zero-order valence-electron chi connectivity index (χ0n) is 9.83. The van der Waals surface area contributed by atoms with Gasteiger partial charge in [0.05, 0.1) is 10.9 Å². The predicted molar refractivity (Wildman–Crippen MR) is 67.3 cm³/mol. The van der Waals surface area contributed by atoms with E-state index in [-0.39, 0.29) is 22.7 Å². The van der Waals surface area contributed by atoms with Crippen LogP contribution in [0, 0.1) is 5.92 Å². The predicted octanol–water partition coefficient (Wildman–Crippen LogP) is 2.40. The second-order valence-electron chi connectivity index (χ2n) is 4.09. The van der Waals surface area contributed by atoms with Gasteiger partial charge in [0.25, 0.3) is 0 Å². The Hall–Kier alpha value is -0.840. The zero-order chi connectivity index (χ0) is 12.1. The molecule has 0 bridgehead atoms. The molecule has 0 radical (unpaired) electrons. The minimum Gasteiger partial charge on any atom is -0.347 e. The average molecular weight is 288 g/mol. The number of aromatic nitrogens is 2. The summed E-state index contributed by atoms with van der Waals surface area (Å²) in [4.78, 5) is 18.9. The van der Waals surface area contributed by atoms with E-state index in [0.29, 0.717) is 0 Å². The van der Waals surface area contributed by atoms with Crippen LogP contribution in [0.3, 0.4) is 0 Å². The molecule has 1 rings (SSSR count). The molecule has 0 aliphatic carbocycles. The van der Waals surface area contributed by atoms with Gasteiger partial charge in [-0.25, -0.2) is 4.98 Å². The van der Waals surface area contributed by atoms with Crippen LogP contribution in [0.25, 0.3) is 0 Å². The van der Waals surface area contributed by atoms with Crippen molar-refractivity contribution in [1.82, 2.24) is 15.3 Å². The fourth-order valence-electron chi connectivity index (χ4n) is 1.39. The van der Waals surface area contributed by atoms with Gasteiger partial charge in [-0.1, -0.05) is 36.7 Å². The van der Waals surface area contributed by atoms with Crippen molar-refractivity contribution >= 4 is 21.8 Å². The summed E-state index contributed by atoms with van der Waals surface area (Å²) in [6, 6.07) is -0.0405. The molecule has 0 aliphatic heterocycles. The molecule has 90 valence electrons. The molecular formula is C11H18BrN3O. The van der Waals surface area contributed by atoms with Crippen LogP contribution in [0.15, 0.2) is 12.4 Å². The lowest BCUT2D eigenvalue weighted by Gasteiger charge is -2.19. The number of nitrogens with one attached hydrogen (secondary N) is 2. The average Bonchev–Trinajstić information content (AvgIpc) is 2.77. The Bertz CT molecular complexity index is 324. The minimum absolute atomic E-state index is 0.0123. The van der Waals surface area contributed by atoms with E-state index >= 15 is 0 Å². The van der Waals surface area contributed by atoms with E-state index in [4.69, 9.17) is 0 Å². The SMILES string of the molecule is CCC(NC(=O)C(Br)C(C)C)c1ncc[nH]1. The number of alkyl halides is 1. The first kappa shape index (κ1) is 13.2. The van der Waals surface area contributed by atoms with Gasteiger partial charge in [0.15, 0.2) is 0 Å². The number of hydrogen-bond donors (Lipinski definition) is 2. The normalized spacial score (nSPS) is 14.8. The first-order chi connectivity index (χ1) is 7.56. The third kappa shape index (κ3) is 3.33. The van der Waals surface area contributed by atoms with Gasteiger partial charge in [-0.2, -0.15) is 0 Å². The van der Waals surface area contributed by atoms with E-state index in [9.17, 15) is 4.79 Å². The van der Waals surface area contributed by atoms with E-state index < -0.39 is 0 Å². The highest BCUT2D eigenvalue weighted by Gasteiger charge is 2.22. The van der Waals surface area contributed by atoms with Gasteiger partial charge in [0.1, 0.15) is 5.82 Å². The Morgan fingerprint density at radius 2 is 2.31 bits per heavy atom. The maximum atomic E-state index is 11.8. The fraction of sp³-hybridized carbons (Fsp3) is 0.636. The largest absolute Gasteiger partial charge is 0.347 e. The highest BCUT2D eigenvalue weighted by atomic mass is 79.9. The smallest absolute Gasteiger partial charge is 0.234 e. The molecule has 5 heteroatoms. The molecule has 1 aromatic heterocycles. The Labute approximate surface area is 104 Å². The van der Waals surface area contributed by atoms with E-state index in [1.165, 1.54) is 0 Å². The van der Waals surface area contributed by atoms with Gasteiger partial charge in [0, 0.05) is 12.4 Å². The molecule has 0 fully saturated rings. The topological polar surface area (TPSA) is 57.8 Å². The minimum atomic E-state index is -0.156. The maximum Gasteiger partial charge on any atom is 0.234 e. The summed E-state index contributed by atoms with van der Waals surface area (Å²) < 4.78 is 0. The molecule has 4 nitrogen and oxygen atoms in total. The van der Waals surface area contributed by atoms with Crippen LogP contribution in [0.2, 0.25) is 0 Å². The summed E-state index contributed by atoms with van der Waals surface area (Å²) in [6.07, 6.45) is 4.27. The first-order valence-corrected chi connectivity index (χ1v) is 6.41. The number of imidazole rings is 1. The summed E-state index contributed by atoms with van der Waals surface area (Å²) in [5, 5.41) is 2.97. The molecule has 16 heavy (non-hydrogen) atoms. The lowest BCUT2D eigenvalue weighted by atomic mass is 10.1. The van der Waals surface area contributed by atoms with Crippen molar-refractivity contribution in [1.29, 1.82) is 0 Å². The van der Waals surface area contributed by atoms with E-state index in [1.54, 1.807) is 12.4 Å². The van der Waals surface area contributed by atoms with Crippen molar-refractivity contribution in [3.8, 4) is 0 Å². The van der Waals surface area contributed by atoms with Gasteiger partial charge in [-0.3, -0.25) is 4.79 Å². The Kier molecular flexibility index (Phi) is 4.99. The van der Waals surface area contributed by atoms with Crippen LogP contribution in [0.4, 0.5) is 0 Å². The van der Waals surface area contributed by atoms with Crippen LogP contribution in [-0.4, -0.2) is 20.7 Å². The number of nitrogens with zero attached hydrogens (tertiary/aromatic N) is 1. The lowest BCUT2D eigenvalue weighted by molar-refractivity contribution is -0.121. The number of halogens is 1. The fourth-order valence-corrected chi connectivity index (χ4v) is 1.52. The van der Waals surface area contributed by atoms with Crippen molar-refractivity contribution in [2.75, 3.05) is 0 Å². The third-order valence-corrected chi connectivity index (χ3v) is 3.88. The van der Waals surface area contributed by atoms with E-state index in [1.807, 2.05) is 20.8 Å². The van der Waals surface area contributed by atoms with Crippen LogP contribution >= 0.6 is 15.9 Å². The molecule has 0 saturated heterocycles. The number of rotatable bonds is 5. The van der Waals surface area contributed by atoms with Gasteiger partial charge in [-0.05, 0) is 12.3 Å². The molecule has 2 N–H and O–H groups in total. The van der Waals surface area contributed by atoms with Crippen molar-refractivity contribution in [2.45, 2.75) is 38.1 Å². The molecule has 1 aromatic rings. The highest BCUT2D eigenvalue weighted by Crippen LogP contribution is 2.16. The number of aromatic amines is 1. The number of carbonyl (C=O) groups is 1. The maximum absolute atomic E-state index is 11.8. The second-order valence-corrected chi connectivity index (χ2v) is 5.08. The van der Waals surface area contributed by atoms with Gasteiger partial charge in [0.2, 0.25) is 5.91 Å². The van der Waals surface area contributed by atoms with Crippen molar-refractivity contribution in [3.05, 3.63) is 18.2 Å². The molecule has 0 saturated carbocycles. The highest BCUT2D eigenvalue weighted by molar-refractivity contribution is 9.10. The summed E-state index contributed by atoms with van der Waals surface area (Å²) in [6.45, 7) is 6.03. The number of H-pyrrole nitrogens is 1. The van der Waals surface area contributed by atoms with Gasteiger partial charge in [-0.15, -0.1) is 0 Å². The Morgan fingerprint density at radius 3 is 2.75 bits per heavy atom. The van der Waals surface area contributed by atoms with Crippen LogP contribution < -0.4 is 5.32 Å². The number of hydrogen-bond acceptors (Lipinski definition) is 2. The van der Waals surface area contributed by atoms with Crippen LogP contribution in [-0.2, 0) is 4.79 Å². The summed E-state index contributed by atoms with van der Waals surface area (Å²) in [5.74, 6) is 1.09. The quantitative estimate of drug-likeness (QED) is 0.817. The third-order valence-electron chi connectivity index (χ3n) is 2.41. The van der Waals surface area contributed by atoms with Crippen LogP contribution in [0.1, 0.15) is 39.1 Å². The monoisotopic (exact) mass is 287 g/mol. The number of amides is 1. The second kappa shape index (κ2) is 6.03.